The van der Waals surface area contributed by atoms with Crippen LogP contribution in [0.25, 0.3) is 0 Å². The highest BCUT2D eigenvalue weighted by atomic mass is 16.5. The Morgan fingerprint density at radius 2 is 2.00 bits per heavy atom. The predicted octanol–water partition coefficient (Wildman–Crippen LogP) is 4.95. The number of allylic oxidation sites excluding steroid dienone is 1. The van der Waals surface area contributed by atoms with Crippen LogP contribution in [-0.4, -0.2) is 31.8 Å². The SMILES string of the molecule is CC#C[C@@H](CC(=O)OC)c1ccc(OCC2=C[C@]3(CCC2)CC[C@H](OC(C)=O)C3)cc1. The predicted molar refractivity (Wildman–Crippen MR) is 119 cm³/mol. The quantitative estimate of drug-likeness (QED) is 0.352. The van der Waals surface area contributed by atoms with Gasteiger partial charge in [-0.25, -0.2) is 0 Å². The molecule has 0 aliphatic heterocycles. The maximum atomic E-state index is 11.6. The van der Waals surface area contributed by atoms with Crippen molar-refractivity contribution in [3.8, 4) is 17.6 Å². The van der Waals surface area contributed by atoms with Gasteiger partial charge in [0.2, 0.25) is 0 Å². The van der Waals surface area contributed by atoms with Crippen molar-refractivity contribution in [3.63, 3.8) is 0 Å². The van der Waals surface area contributed by atoms with Gasteiger partial charge in [0.25, 0.3) is 0 Å². The van der Waals surface area contributed by atoms with Crippen molar-refractivity contribution >= 4 is 11.9 Å². The molecule has 5 heteroatoms. The van der Waals surface area contributed by atoms with Crippen molar-refractivity contribution in [1.82, 2.24) is 0 Å². The van der Waals surface area contributed by atoms with Gasteiger partial charge in [0, 0.05) is 6.92 Å². The second kappa shape index (κ2) is 10.5. The van der Waals surface area contributed by atoms with E-state index < -0.39 is 0 Å². The van der Waals surface area contributed by atoms with Gasteiger partial charge >= 0.3 is 11.9 Å². The van der Waals surface area contributed by atoms with Crippen LogP contribution in [0, 0.1) is 17.3 Å². The Morgan fingerprint density at radius 3 is 2.68 bits per heavy atom. The summed E-state index contributed by atoms with van der Waals surface area (Å²) in [5.74, 6) is 6.13. The number of benzene rings is 1. The van der Waals surface area contributed by atoms with Gasteiger partial charge < -0.3 is 14.2 Å². The summed E-state index contributed by atoms with van der Waals surface area (Å²) in [6.45, 7) is 3.82. The molecule has 3 atom stereocenters. The fourth-order valence-corrected chi connectivity index (χ4v) is 4.81. The molecule has 0 amide bonds. The van der Waals surface area contributed by atoms with Crippen LogP contribution in [0.2, 0.25) is 0 Å². The van der Waals surface area contributed by atoms with Crippen LogP contribution in [0.1, 0.15) is 70.3 Å². The number of methoxy groups -OCH3 is 1. The van der Waals surface area contributed by atoms with Gasteiger partial charge in [-0.2, -0.15) is 0 Å². The molecule has 2 aliphatic carbocycles. The van der Waals surface area contributed by atoms with Crippen LogP contribution in [0.3, 0.4) is 0 Å². The fourth-order valence-electron chi connectivity index (χ4n) is 4.81. The minimum atomic E-state index is -0.269. The molecular formula is C26H32O5. The summed E-state index contributed by atoms with van der Waals surface area (Å²) in [5.41, 5.74) is 2.45. The van der Waals surface area contributed by atoms with Crippen molar-refractivity contribution < 1.29 is 23.8 Å². The van der Waals surface area contributed by atoms with Gasteiger partial charge in [0.1, 0.15) is 18.5 Å². The lowest BCUT2D eigenvalue weighted by Gasteiger charge is -2.31. The molecule has 2 aliphatic rings. The molecule has 0 aromatic heterocycles. The van der Waals surface area contributed by atoms with Crippen molar-refractivity contribution in [3.05, 3.63) is 41.5 Å². The molecule has 1 aromatic carbocycles. The third kappa shape index (κ3) is 6.37. The number of carbonyl (C=O) groups excluding carboxylic acids is 2. The zero-order chi connectivity index (χ0) is 22.3. The third-order valence-corrected chi connectivity index (χ3v) is 6.24. The van der Waals surface area contributed by atoms with Crippen LogP contribution in [0.15, 0.2) is 35.9 Å². The summed E-state index contributed by atoms with van der Waals surface area (Å²) in [7, 11) is 1.39. The molecule has 0 saturated heterocycles. The summed E-state index contributed by atoms with van der Waals surface area (Å²) >= 11 is 0. The number of ether oxygens (including phenoxy) is 3. The van der Waals surface area contributed by atoms with Gasteiger partial charge in [-0.3, -0.25) is 9.59 Å². The second-order valence-electron chi connectivity index (χ2n) is 8.58. The molecule has 166 valence electrons. The molecule has 1 spiro atoms. The molecular weight excluding hydrogens is 392 g/mol. The Balaban J connectivity index is 1.59. The van der Waals surface area contributed by atoms with E-state index in [0.29, 0.717) is 6.61 Å². The van der Waals surface area contributed by atoms with Crippen molar-refractivity contribution in [2.75, 3.05) is 13.7 Å². The highest BCUT2D eigenvalue weighted by molar-refractivity contribution is 5.71. The van der Waals surface area contributed by atoms with Crippen LogP contribution in [0.5, 0.6) is 5.75 Å². The smallest absolute Gasteiger partial charge is 0.307 e. The summed E-state index contributed by atoms with van der Waals surface area (Å²) in [6, 6.07) is 7.79. The summed E-state index contributed by atoms with van der Waals surface area (Å²) in [5, 5.41) is 0. The van der Waals surface area contributed by atoms with Crippen molar-refractivity contribution in [1.29, 1.82) is 0 Å². The van der Waals surface area contributed by atoms with E-state index in [-0.39, 0.29) is 35.8 Å². The summed E-state index contributed by atoms with van der Waals surface area (Å²) in [6.07, 6.45) is 8.96. The maximum Gasteiger partial charge on any atom is 0.307 e. The lowest BCUT2D eigenvalue weighted by atomic mass is 9.75. The number of hydrogen-bond donors (Lipinski definition) is 0. The molecule has 3 rings (SSSR count). The lowest BCUT2D eigenvalue weighted by molar-refractivity contribution is -0.146. The van der Waals surface area contributed by atoms with Crippen LogP contribution in [0.4, 0.5) is 0 Å². The summed E-state index contributed by atoms with van der Waals surface area (Å²) in [4.78, 5) is 22.9. The monoisotopic (exact) mass is 424 g/mol. The largest absolute Gasteiger partial charge is 0.489 e. The first-order valence-electron chi connectivity index (χ1n) is 11.0. The van der Waals surface area contributed by atoms with Crippen molar-refractivity contribution in [2.24, 2.45) is 5.41 Å². The highest BCUT2D eigenvalue weighted by Gasteiger charge is 2.40. The van der Waals surface area contributed by atoms with Crippen LogP contribution in [-0.2, 0) is 19.1 Å². The van der Waals surface area contributed by atoms with E-state index in [9.17, 15) is 9.59 Å². The Bertz CT molecular complexity index is 873. The van der Waals surface area contributed by atoms with Gasteiger partial charge in [-0.1, -0.05) is 24.1 Å². The molecule has 31 heavy (non-hydrogen) atoms. The van der Waals surface area contributed by atoms with Gasteiger partial charge in [-0.15, -0.1) is 5.92 Å². The molecule has 0 heterocycles. The normalized spacial score (nSPS) is 23.3. The number of rotatable bonds is 7. The van der Waals surface area contributed by atoms with Crippen molar-refractivity contribution in [2.45, 2.75) is 70.8 Å². The Labute approximate surface area is 185 Å². The van der Waals surface area contributed by atoms with Crippen LogP contribution >= 0.6 is 0 Å². The first-order valence-corrected chi connectivity index (χ1v) is 11.0. The number of esters is 2. The standard InChI is InChI=1S/C26H32O5/c1-4-6-22(15-25(28)29-3)21-8-10-23(11-9-21)30-18-20-7-5-13-26(16-20)14-12-24(17-26)31-19(2)27/h8-11,16,22,24H,5,7,12-15,17-18H2,1-3H3/t22-,24-,26-/m0/s1. The van der Waals surface area contributed by atoms with E-state index in [0.717, 1.165) is 49.8 Å². The van der Waals surface area contributed by atoms with E-state index in [1.807, 2.05) is 24.3 Å². The topological polar surface area (TPSA) is 61.8 Å². The highest BCUT2D eigenvalue weighted by Crippen LogP contribution is 2.48. The summed E-state index contributed by atoms with van der Waals surface area (Å²) < 4.78 is 16.3. The first-order chi connectivity index (χ1) is 14.9. The minimum absolute atomic E-state index is 0.0470. The molecule has 5 nitrogen and oxygen atoms in total. The van der Waals surface area contributed by atoms with E-state index in [1.54, 1.807) is 6.92 Å². The number of carbonyl (C=O) groups is 2. The maximum absolute atomic E-state index is 11.6. The average Bonchev–Trinajstić information content (AvgIpc) is 3.12. The zero-order valence-corrected chi connectivity index (χ0v) is 18.7. The molecule has 1 aromatic rings. The molecule has 0 N–H and O–H groups in total. The second-order valence-corrected chi connectivity index (χ2v) is 8.58. The van der Waals surface area contributed by atoms with Gasteiger partial charge in [0.05, 0.1) is 19.4 Å². The molecule has 0 radical (unpaired) electrons. The van der Waals surface area contributed by atoms with Crippen LogP contribution < -0.4 is 4.74 Å². The molecule has 1 fully saturated rings. The Hall–Kier alpha value is -2.74. The van der Waals surface area contributed by atoms with E-state index in [1.165, 1.54) is 19.6 Å². The minimum Gasteiger partial charge on any atom is -0.489 e. The third-order valence-electron chi connectivity index (χ3n) is 6.24. The van der Waals surface area contributed by atoms with E-state index >= 15 is 0 Å². The average molecular weight is 425 g/mol. The molecule has 1 saturated carbocycles. The van der Waals surface area contributed by atoms with E-state index in [4.69, 9.17) is 14.2 Å². The number of hydrogen-bond acceptors (Lipinski definition) is 5. The van der Waals surface area contributed by atoms with Gasteiger partial charge in [0.15, 0.2) is 0 Å². The Kier molecular flexibility index (Phi) is 7.79. The van der Waals surface area contributed by atoms with E-state index in [2.05, 4.69) is 17.9 Å². The first kappa shape index (κ1) is 22.9. The molecule has 0 unspecified atom stereocenters. The zero-order valence-electron chi connectivity index (χ0n) is 18.7. The molecule has 0 bridgehead atoms. The fraction of sp³-hybridized carbons (Fsp3) is 0.538. The lowest BCUT2D eigenvalue weighted by Crippen LogP contribution is -2.22. The van der Waals surface area contributed by atoms with Gasteiger partial charge in [-0.05, 0) is 74.1 Å². The Morgan fingerprint density at radius 1 is 1.23 bits per heavy atom.